The van der Waals surface area contributed by atoms with Crippen LogP contribution in [0.3, 0.4) is 0 Å². The first kappa shape index (κ1) is 14.5. The normalized spacial score (nSPS) is 11.3. The molecule has 1 N–H and O–H groups in total. The minimum atomic E-state index is 0.965. The highest BCUT2D eigenvalue weighted by atomic mass is 32.1. The van der Waals surface area contributed by atoms with Crippen LogP contribution in [0.15, 0.2) is 41.9 Å². The van der Waals surface area contributed by atoms with Gasteiger partial charge in [0.2, 0.25) is 0 Å². The van der Waals surface area contributed by atoms with Gasteiger partial charge in [-0.2, -0.15) is 0 Å². The Labute approximate surface area is 113 Å². The summed E-state index contributed by atoms with van der Waals surface area (Å²) in [6, 6.07) is 2.14. The Morgan fingerprint density at radius 3 is 2.78 bits per heavy atom. The summed E-state index contributed by atoms with van der Waals surface area (Å²) in [6.07, 6.45) is 6.71. The number of anilines is 1. The Balaban J connectivity index is 2.81. The Kier molecular flexibility index (Phi) is 5.59. The zero-order chi connectivity index (χ0) is 13.5. The van der Waals surface area contributed by atoms with Crippen LogP contribution in [0.2, 0.25) is 0 Å². The van der Waals surface area contributed by atoms with Gasteiger partial charge in [0.25, 0.3) is 0 Å². The number of hydrogen-bond donors (Lipinski definition) is 1. The topological polar surface area (TPSA) is 24.4 Å². The van der Waals surface area contributed by atoms with Crippen molar-refractivity contribution in [2.45, 2.75) is 20.3 Å². The molecule has 0 unspecified atom stereocenters. The van der Waals surface area contributed by atoms with Crippen molar-refractivity contribution >= 4 is 28.2 Å². The van der Waals surface area contributed by atoms with Gasteiger partial charge in [-0.25, -0.2) is 0 Å². The maximum absolute atomic E-state index is 4.09. The molecule has 0 aliphatic rings. The molecule has 3 heteroatoms. The minimum absolute atomic E-state index is 0.965. The van der Waals surface area contributed by atoms with Crippen LogP contribution in [-0.2, 0) is 0 Å². The quantitative estimate of drug-likeness (QED) is 0.449. The molecule has 0 saturated carbocycles. The molecule has 0 aromatic carbocycles. The third-order valence-corrected chi connectivity index (χ3v) is 3.78. The van der Waals surface area contributed by atoms with Crippen molar-refractivity contribution < 1.29 is 0 Å². The first-order chi connectivity index (χ1) is 8.58. The van der Waals surface area contributed by atoms with Crippen molar-refractivity contribution in [3.8, 4) is 0 Å². The highest BCUT2D eigenvalue weighted by Gasteiger charge is 2.05. The summed E-state index contributed by atoms with van der Waals surface area (Å²) in [7, 11) is 1.74. The van der Waals surface area contributed by atoms with Crippen molar-refractivity contribution in [2.75, 3.05) is 12.4 Å². The summed E-state index contributed by atoms with van der Waals surface area (Å²) in [4.78, 5) is 5.09. The van der Waals surface area contributed by atoms with Crippen LogP contribution >= 0.6 is 11.3 Å². The first-order valence-corrected chi connectivity index (χ1v) is 6.72. The number of rotatable bonds is 6. The van der Waals surface area contributed by atoms with Crippen LogP contribution in [0.25, 0.3) is 5.57 Å². The highest BCUT2D eigenvalue weighted by molar-refractivity contribution is 7.17. The van der Waals surface area contributed by atoms with E-state index >= 15 is 0 Å². The third-order valence-electron chi connectivity index (χ3n) is 2.53. The fraction of sp³-hybridized carbons (Fsp3) is 0.267. The number of nitrogens with zero attached hydrogens (tertiary/aromatic N) is 1. The van der Waals surface area contributed by atoms with Gasteiger partial charge in [-0.05, 0) is 30.5 Å². The lowest BCUT2D eigenvalue weighted by Crippen LogP contribution is -1.92. The van der Waals surface area contributed by atoms with Gasteiger partial charge < -0.3 is 5.32 Å². The van der Waals surface area contributed by atoms with Gasteiger partial charge in [0.05, 0.1) is 11.3 Å². The molecule has 0 radical (unpaired) electrons. The smallest absolute Gasteiger partial charge is 0.0969 e. The molecule has 0 saturated heterocycles. The molecule has 0 aliphatic heterocycles. The van der Waals surface area contributed by atoms with Crippen LogP contribution < -0.4 is 5.32 Å². The maximum atomic E-state index is 4.09. The van der Waals surface area contributed by atoms with Gasteiger partial charge in [0.1, 0.15) is 0 Å². The molecule has 18 heavy (non-hydrogen) atoms. The lowest BCUT2D eigenvalue weighted by Gasteiger charge is -1.96. The predicted molar refractivity (Wildman–Crippen MR) is 84.7 cm³/mol. The number of aliphatic imine (C=N–C) groups is 1. The highest BCUT2D eigenvalue weighted by Crippen LogP contribution is 2.31. The van der Waals surface area contributed by atoms with Gasteiger partial charge in [-0.15, -0.1) is 11.3 Å². The van der Waals surface area contributed by atoms with E-state index in [0.717, 1.165) is 22.6 Å². The zero-order valence-corrected chi connectivity index (χ0v) is 12.1. The average molecular weight is 260 g/mol. The second-order valence-corrected chi connectivity index (χ2v) is 5.08. The lowest BCUT2D eigenvalue weighted by atomic mass is 10.1. The summed E-state index contributed by atoms with van der Waals surface area (Å²) in [5.74, 6) is 0. The number of nitrogens with one attached hydrogen (secondary N) is 1. The van der Waals surface area contributed by atoms with Crippen molar-refractivity contribution in [3.63, 3.8) is 0 Å². The average Bonchev–Trinajstić information content (AvgIpc) is 2.74. The molecular formula is C15H20N2S. The summed E-state index contributed by atoms with van der Waals surface area (Å²) >= 11 is 1.68. The van der Waals surface area contributed by atoms with Crippen LogP contribution in [0, 0.1) is 6.92 Å². The van der Waals surface area contributed by atoms with Gasteiger partial charge >= 0.3 is 0 Å². The van der Waals surface area contributed by atoms with Crippen molar-refractivity contribution in [1.29, 1.82) is 0 Å². The number of thiophene rings is 1. The van der Waals surface area contributed by atoms with E-state index in [-0.39, 0.29) is 0 Å². The lowest BCUT2D eigenvalue weighted by molar-refractivity contribution is 1.16. The van der Waals surface area contributed by atoms with Crippen molar-refractivity contribution in [1.82, 2.24) is 0 Å². The molecular weight excluding hydrogens is 240 g/mol. The van der Waals surface area contributed by atoms with E-state index in [1.807, 2.05) is 12.2 Å². The molecule has 96 valence electrons. The Hall–Kier alpha value is -1.61. The number of hydrogen-bond acceptors (Lipinski definition) is 2. The van der Waals surface area contributed by atoms with E-state index < -0.39 is 0 Å². The van der Waals surface area contributed by atoms with E-state index in [9.17, 15) is 0 Å². The standard InChI is InChI=1S/C15H20N2S/c1-6-11(2)7-8-12(3)14-9-13(4)15(18-14)17-10-16-5/h7-10H,2-3,6H2,1,4-5H3,(H,16,17)/b8-7-. The van der Waals surface area contributed by atoms with Crippen LogP contribution in [0.1, 0.15) is 23.8 Å². The second-order valence-electron chi connectivity index (χ2n) is 4.02. The largest absolute Gasteiger partial charge is 0.338 e. The van der Waals surface area contributed by atoms with E-state index in [1.165, 1.54) is 10.4 Å². The molecule has 2 nitrogen and oxygen atoms in total. The molecule has 0 spiro atoms. The van der Waals surface area contributed by atoms with Crippen LogP contribution in [-0.4, -0.2) is 13.4 Å². The van der Waals surface area contributed by atoms with Crippen LogP contribution in [0.4, 0.5) is 5.00 Å². The Morgan fingerprint density at radius 2 is 2.17 bits per heavy atom. The SMILES string of the molecule is C=C(/C=C\C(=C)c1cc(C)c(NC=NC)s1)CC. The van der Waals surface area contributed by atoms with Gasteiger partial charge in [0.15, 0.2) is 0 Å². The van der Waals surface area contributed by atoms with Crippen LogP contribution in [0.5, 0.6) is 0 Å². The molecule has 0 bridgehead atoms. The van der Waals surface area contributed by atoms with E-state index in [2.05, 4.69) is 43.4 Å². The summed E-state index contributed by atoms with van der Waals surface area (Å²) in [5.41, 5.74) is 3.33. The maximum Gasteiger partial charge on any atom is 0.0969 e. The second kappa shape index (κ2) is 6.97. The molecule has 0 atom stereocenters. The molecule has 1 rings (SSSR count). The Morgan fingerprint density at radius 1 is 1.44 bits per heavy atom. The fourth-order valence-electron chi connectivity index (χ4n) is 1.33. The summed E-state index contributed by atoms with van der Waals surface area (Å²) in [6.45, 7) is 12.2. The van der Waals surface area contributed by atoms with Gasteiger partial charge in [-0.1, -0.05) is 37.8 Å². The van der Waals surface area contributed by atoms with Crippen molar-refractivity contribution in [2.24, 2.45) is 4.99 Å². The summed E-state index contributed by atoms with van der Waals surface area (Å²) < 4.78 is 0. The first-order valence-electron chi connectivity index (χ1n) is 5.91. The molecule has 1 aromatic heterocycles. The number of aryl methyl sites for hydroxylation is 1. The van der Waals surface area contributed by atoms with E-state index in [1.54, 1.807) is 24.7 Å². The van der Waals surface area contributed by atoms with Crippen molar-refractivity contribution in [3.05, 3.63) is 47.4 Å². The monoisotopic (exact) mass is 260 g/mol. The summed E-state index contributed by atoms with van der Waals surface area (Å²) in [5, 5.41) is 4.27. The van der Waals surface area contributed by atoms with Gasteiger partial charge in [-0.3, -0.25) is 4.99 Å². The predicted octanol–water partition coefficient (Wildman–Crippen LogP) is 4.66. The van der Waals surface area contributed by atoms with Gasteiger partial charge in [0, 0.05) is 11.9 Å². The fourth-order valence-corrected chi connectivity index (χ4v) is 2.31. The third kappa shape index (κ3) is 4.00. The molecule has 1 heterocycles. The zero-order valence-electron chi connectivity index (χ0n) is 11.3. The molecule has 0 amide bonds. The molecule has 0 fully saturated rings. The van der Waals surface area contributed by atoms with E-state index in [0.29, 0.717) is 0 Å². The van der Waals surface area contributed by atoms with E-state index in [4.69, 9.17) is 0 Å². The Bertz CT molecular complexity index is 493. The number of allylic oxidation sites excluding steroid dienone is 4. The molecule has 1 aromatic rings. The minimum Gasteiger partial charge on any atom is -0.338 e. The molecule has 0 aliphatic carbocycles.